The predicted octanol–water partition coefficient (Wildman–Crippen LogP) is 4.40. The van der Waals surface area contributed by atoms with Crippen LogP contribution in [0.4, 0.5) is 13.2 Å². The van der Waals surface area contributed by atoms with Gasteiger partial charge in [-0.25, -0.2) is 9.67 Å². The normalized spacial score (nSPS) is 11.0. The molecule has 3 aromatic rings. The van der Waals surface area contributed by atoms with E-state index in [1.165, 1.54) is 35.3 Å². The summed E-state index contributed by atoms with van der Waals surface area (Å²) in [5, 5.41) is 7.20. The Balaban J connectivity index is 1.83. The van der Waals surface area contributed by atoms with Crippen molar-refractivity contribution in [1.29, 1.82) is 0 Å². The van der Waals surface area contributed by atoms with E-state index >= 15 is 0 Å². The van der Waals surface area contributed by atoms with Crippen molar-refractivity contribution in [3.63, 3.8) is 0 Å². The molecule has 2 aromatic carbocycles. The van der Waals surface area contributed by atoms with Gasteiger partial charge >= 0.3 is 6.18 Å². The van der Waals surface area contributed by atoms with E-state index < -0.39 is 17.6 Å². The second-order valence-corrected chi connectivity index (χ2v) is 5.13. The fourth-order valence-electron chi connectivity index (χ4n) is 2.18. The summed E-state index contributed by atoms with van der Waals surface area (Å²) in [7, 11) is 0. The number of amides is 1. The maximum Gasteiger partial charge on any atom is 0.416 e. The minimum absolute atomic E-state index is 0.216. The molecule has 1 aromatic heterocycles. The van der Waals surface area contributed by atoms with Crippen LogP contribution in [-0.4, -0.2) is 20.7 Å². The third-order valence-electron chi connectivity index (χ3n) is 3.48. The topological polar surface area (TPSA) is 96.5 Å². The van der Waals surface area contributed by atoms with E-state index in [2.05, 4.69) is 20.1 Å². The van der Waals surface area contributed by atoms with Gasteiger partial charge < -0.3 is 0 Å². The summed E-state index contributed by atoms with van der Waals surface area (Å²) in [5.74, 6) is -0.380. The molecule has 10 heteroatoms. The van der Waals surface area contributed by atoms with Crippen LogP contribution in [0.1, 0.15) is 15.9 Å². The highest BCUT2D eigenvalue weighted by Crippen LogP contribution is 2.29. The second kappa shape index (κ2) is 6.69. The van der Waals surface area contributed by atoms with Crippen LogP contribution in [0.3, 0.4) is 0 Å². The molecule has 0 fully saturated rings. The Hall–Kier alpha value is -3.65. The molecule has 130 valence electrons. The minimum Gasteiger partial charge on any atom is -0.287 e. The molecule has 0 saturated carbocycles. The summed E-state index contributed by atoms with van der Waals surface area (Å²) in [4.78, 5) is 18.0. The van der Waals surface area contributed by atoms with Crippen molar-refractivity contribution in [2.45, 2.75) is 6.18 Å². The third kappa shape index (κ3) is 3.55. The van der Waals surface area contributed by atoms with Crippen molar-refractivity contribution in [3.05, 3.63) is 76.4 Å². The lowest BCUT2D eigenvalue weighted by molar-refractivity contribution is -0.137. The average molecular weight is 358 g/mol. The summed E-state index contributed by atoms with van der Waals surface area (Å²) in [6.45, 7) is 0. The molecule has 1 heterocycles. The minimum atomic E-state index is -4.40. The molecule has 0 spiro atoms. The number of benzene rings is 2. The first-order valence-electron chi connectivity index (χ1n) is 7.17. The lowest BCUT2D eigenvalue weighted by Gasteiger charge is -2.07. The van der Waals surface area contributed by atoms with Crippen LogP contribution >= 0.6 is 0 Å². The third-order valence-corrected chi connectivity index (χ3v) is 3.48. The molecule has 7 nitrogen and oxygen atoms in total. The number of rotatable bonds is 3. The number of alkyl halides is 3. The van der Waals surface area contributed by atoms with Gasteiger partial charge in [-0.2, -0.15) is 13.2 Å². The number of carbonyl (C=O) groups excluding carboxylic acids is 1. The van der Waals surface area contributed by atoms with Gasteiger partial charge in [0.1, 0.15) is 6.33 Å². The monoisotopic (exact) mass is 358 g/mol. The number of halogens is 3. The largest absolute Gasteiger partial charge is 0.416 e. The highest BCUT2D eigenvalue weighted by molar-refractivity contribution is 5.95. The van der Waals surface area contributed by atoms with Crippen molar-refractivity contribution < 1.29 is 18.0 Å². The molecule has 0 bridgehead atoms. The van der Waals surface area contributed by atoms with Crippen molar-refractivity contribution in [1.82, 2.24) is 14.8 Å². The van der Waals surface area contributed by atoms with E-state index in [4.69, 9.17) is 5.53 Å². The summed E-state index contributed by atoms with van der Waals surface area (Å²) in [6.07, 6.45) is -3.03. The molecular formula is C16H9F3N6O. The van der Waals surface area contributed by atoms with Crippen LogP contribution in [0.25, 0.3) is 27.5 Å². The highest BCUT2D eigenvalue weighted by Gasteiger charge is 2.30. The molecule has 0 aliphatic rings. The van der Waals surface area contributed by atoms with E-state index in [9.17, 15) is 18.0 Å². The Kier molecular flexibility index (Phi) is 4.42. The molecule has 0 aliphatic carbocycles. The van der Waals surface area contributed by atoms with Crippen molar-refractivity contribution in [2.75, 3.05) is 0 Å². The summed E-state index contributed by atoms with van der Waals surface area (Å²) < 4.78 is 39.1. The molecule has 26 heavy (non-hydrogen) atoms. The zero-order valence-corrected chi connectivity index (χ0v) is 12.9. The van der Waals surface area contributed by atoms with Crippen LogP contribution in [-0.2, 0) is 6.18 Å². The fourth-order valence-corrected chi connectivity index (χ4v) is 2.18. The van der Waals surface area contributed by atoms with Gasteiger partial charge in [-0.15, -0.1) is 5.10 Å². The maximum absolute atomic E-state index is 12.6. The first-order chi connectivity index (χ1) is 12.4. The molecule has 0 radical (unpaired) electrons. The van der Waals surface area contributed by atoms with Crippen LogP contribution < -0.4 is 0 Å². The predicted molar refractivity (Wildman–Crippen MR) is 85.3 cm³/mol. The molecule has 0 saturated heterocycles. The zero-order chi connectivity index (χ0) is 18.7. The van der Waals surface area contributed by atoms with E-state index in [-0.39, 0.29) is 5.56 Å². The lowest BCUT2D eigenvalue weighted by atomic mass is 10.1. The Labute approximate surface area is 144 Å². The Bertz CT molecular complexity index is 986. The Morgan fingerprint density at radius 1 is 1.08 bits per heavy atom. The van der Waals surface area contributed by atoms with E-state index in [1.54, 1.807) is 12.1 Å². The average Bonchev–Trinajstić information content (AvgIpc) is 3.11. The van der Waals surface area contributed by atoms with Gasteiger partial charge in [-0.1, -0.05) is 24.3 Å². The van der Waals surface area contributed by atoms with Gasteiger partial charge in [-0.3, -0.25) is 4.79 Å². The molecule has 0 aliphatic heterocycles. The molecule has 0 N–H and O–H groups in total. The highest BCUT2D eigenvalue weighted by atomic mass is 19.4. The molecule has 0 atom stereocenters. The van der Waals surface area contributed by atoms with Crippen molar-refractivity contribution in [2.24, 2.45) is 5.11 Å². The first kappa shape index (κ1) is 17.2. The second-order valence-electron chi connectivity index (χ2n) is 5.13. The number of hydrogen-bond donors (Lipinski definition) is 0. The van der Waals surface area contributed by atoms with Gasteiger partial charge in [0.05, 0.1) is 11.3 Å². The van der Waals surface area contributed by atoms with Gasteiger partial charge in [0, 0.05) is 16.0 Å². The van der Waals surface area contributed by atoms with Crippen LogP contribution in [0.15, 0.2) is 60.0 Å². The van der Waals surface area contributed by atoms with E-state index in [1.807, 2.05) is 0 Å². The lowest BCUT2D eigenvalue weighted by Crippen LogP contribution is -2.05. The number of carbonyl (C=O) groups is 1. The van der Waals surface area contributed by atoms with E-state index in [0.717, 1.165) is 12.1 Å². The van der Waals surface area contributed by atoms with Crippen LogP contribution in [0.5, 0.6) is 0 Å². The number of hydrogen-bond acceptors (Lipinski definition) is 3. The van der Waals surface area contributed by atoms with E-state index in [0.29, 0.717) is 17.1 Å². The van der Waals surface area contributed by atoms with Crippen LogP contribution in [0.2, 0.25) is 0 Å². The summed E-state index contributed by atoms with van der Waals surface area (Å²) in [5.41, 5.74) is 8.74. The molecular weight excluding hydrogens is 349 g/mol. The number of nitrogens with zero attached hydrogens (tertiary/aromatic N) is 6. The smallest absolute Gasteiger partial charge is 0.287 e. The Morgan fingerprint density at radius 2 is 1.73 bits per heavy atom. The molecule has 1 amide bonds. The number of azide groups is 1. The van der Waals surface area contributed by atoms with Crippen molar-refractivity contribution in [3.8, 4) is 17.1 Å². The van der Waals surface area contributed by atoms with Gasteiger partial charge in [0.2, 0.25) is 5.91 Å². The van der Waals surface area contributed by atoms with Gasteiger partial charge in [0.15, 0.2) is 5.82 Å². The zero-order valence-electron chi connectivity index (χ0n) is 12.9. The molecule has 3 rings (SSSR count). The SMILES string of the molecule is [N-]=[N+]=NC(=O)c1ccc(-c2ncn(-c3ccc(C(F)(F)F)cc3)n2)cc1. The van der Waals surface area contributed by atoms with Crippen LogP contribution in [0, 0.1) is 0 Å². The number of aromatic nitrogens is 3. The van der Waals surface area contributed by atoms with Gasteiger partial charge in [-0.05, 0) is 34.9 Å². The quantitative estimate of drug-likeness (QED) is 0.394. The Morgan fingerprint density at radius 3 is 2.31 bits per heavy atom. The van der Waals surface area contributed by atoms with Crippen molar-refractivity contribution >= 4 is 5.91 Å². The maximum atomic E-state index is 12.6. The standard InChI is InChI=1S/C16H9F3N6O/c17-16(18,19)12-5-7-13(8-6-12)25-9-21-14(23-25)10-1-3-11(4-2-10)15(26)22-24-20/h1-9H. The fraction of sp³-hybridized carbons (Fsp3) is 0.0625. The van der Waals surface area contributed by atoms with Gasteiger partial charge in [0.25, 0.3) is 0 Å². The summed E-state index contributed by atoms with van der Waals surface area (Å²) >= 11 is 0. The molecule has 0 unspecified atom stereocenters. The first-order valence-corrected chi connectivity index (χ1v) is 7.17. The summed E-state index contributed by atoms with van der Waals surface area (Å²) in [6, 6.07) is 10.6.